The van der Waals surface area contributed by atoms with Crippen LogP contribution >= 0.6 is 0 Å². The van der Waals surface area contributed by atoms with Gasteiger partial charge in [0.25, 0.3) is 6.43 Å². The van der Waals surface area contributed by atoms with E-state index in [4.69, 9.17) is 9.52 Å². The Kier molecular flexibility index (Phi) is 2.15. The summed E-state index contributed by atoms with van der Waals surface area (Å²) in [5, 5.41) is 8.92. The Morgan fingerprint density at radius 1 is 1.40 bits per heavy atom. The zero-order valence-electron chi connectivity index (χ0n) is 7.41. The SMILES string of the molecule is O=C(O)c1ccc2c(C(F)F)coc2c1. The lowest BCUT2D eigenvalue weighted by molar-refractivity contribution is 0.0697. The molecule has 0 atom stereocenters. The Morgan fingerprint density at radius 2 is 2.13 bits per heavy atom. The second-order valence-electron chi connectivity index (χ2n) is 3.01. The number of carboxylic acid groups (broad SMARTS) is 1. The first-order chi connectivity index (χ1) is 7.09. The largest absolute Gasteiger partial charge is 0.478 e. The average molecular weight is 212 g/mol. The molecule has 0 bridgehead atoms. The lowest BCUT2D eigenvalue weighted by Crippen LogP contribution is -1.94. The number of rotatable bonds is 2. The molecule has 1 aromatic heterocycles. The van der Waals surface area contributed by atoms with E-state index < -0.39 is 12.4 Å². The van der Waals surface area contributed by atoms with Gasteiger partial charge in [-0.05, 0) is 18.2 Å². The monoisotopic (exact) mass is 212 g/mol. The first kappa shape index (κ1) is 9.64. The van der Waals surface area contributed by atoms with Crippen molar-refractivity contribution in [3.8, 4) is 0 Å². The zero-order chi connectivity index (χ0) is 11.0. The fourth-order valence-electron chi connectivity index (χ4n) is 1.35. The van der Waals surface area contributed by atoms with Crippen LogP contribution in [0, 0.1) is 0 Å². The Morgan fingerprint density at radius 3 is 2.73 bits per heavy atom. The molecule has 0 amide bonds. The molecule has 0 spiro atoms. The van der Waals surface area contributed by atoms with Crippen LogP contribution in [0.15, 0.2) is 28.9 Å². The number of hydrogen-bond acceptors (Lipinski definition) is 2. The van der Waals surface area contributed by atoms with Crippen LogP contribution in [0.3, 0.4) is 0 Å². The topological polar surface area (TPSA) is 50.4 Å². The normalized spacial score (nSPS) is 11.1. The molecular weight excluding hydrogens is 206 g/mol. The molecule has 0 radical (unpaired) electrons. The number of carbonyl (C=O) groups is 1. The van der Waals surface area contributed by atoms with Crippen LogP contribution in [0.2, 0.25) is 0 Å². The van der Waals surface area contributed by atoms with E-state index in [1.54, 1.807) is 0 Å². The van der Waals surface area contributed by atoms with Gasteiger partial charge in [-0.25, -0.2) is 13.6 Å². The van der Waals surface area contributed by atoms with Gasteiger partial charge in [-0.3, -0.25) is 0 Å². The van der Waals surface area contributed by atoms with Gasteiger partial charge in [0.1, 0.15) is 11.8 Å². The molecule has 0 aliphatic carbocycles. The summed E-state index contributed by atoms with van der Waals surface area (Å²) in [5.41, 5.74) is -0.0511. The lowest BCUT2D eigenvalue weighted by atomic mass is 10.1. The molecule has 3 nitrogen and oxygen atoms in total. The molecule has 1 aromatic carbocycles. The number of carboxylic acids is 1. The van der Waals surface area contributed by atoms with Crippen molar-refractivity contribution in [3.05, 3.63) is 35.6 Å². The minimum atomic E-state index is -2.62. The molecule has 0 saturated carbocycles. The minimum absolute atomic E-state index is 0.0117. The fraction of sp³-hybridized carbons (Fsp3) is 0.100. The van der Waals surface area contributed by atoms with E-state index in [-0.39, 0.29) is 22.1 Å². The molecule has 78 valence electrons. The smallest absolute Gasteiger partial charge is 0.335 e. The maximum atomic E-state index is 12.4. The van der Waals surface area contributed by atoms with Crippen LogP contribution in [-0.4, -0.2) is 11.1 Å². The second-order valence-corrected chi connectivity index (χ2v) is 3.01. The summed E-state index contributed by atoms with van der Waals surface area (Å²) in [6.07, 6.45) is -1.68. The van der Waals surface area contributed by atoms with Crippen molar-refractivity contribution >= 4 is 16.9 Å². The van der Waals surface area contributed by atoms with Crippen LogP contribution in [0.1, 0.15) is 22.3 Å². The third-order valence-corrected chi connectivity index (χ3v) is 2.09. The van der Waals surface area contributed by atoms with Gasteiger partial charge in [0, 0.05) is 5.39 Å². The maximum absolute atomic E-state index is 12.4. The van der Waals surface area contributed by atoms with Gasteiger partial charge in [-0.2, -0.15) is 0 Å². The number of benzene rings is 1. The Labute approximate surface area is 82.9 Å². The number of hydrogen-bond donors (Lipinski definition) is 1. The molecule has 0 fully saturated rings. The lowest BCUT2D eigenvalue weighted by Gasteiger charge is -1.96. The van der Waals surface area contributed by atoms with Gasteiger partial charge in [0.05, 0.1) is 11.1 Å². The van der Waals surface area contributed by atoms with Gasteiger partial charge in [-0.1, -0.05) is 0 Å². The maximum Gasteiger partial charge on any atom is 0.335 e. The van der Waals surface area contributed by atoms with Crippen molar-refractivity contribution in [2.75, 3.05) is 0 Å². The van der Waals surface area contributed by atoms with Crippen LogP contribution in [0.25, 0.3) is 11.0 Å². The fourth-order valence-corrected chi connectivity index (χ4v) is 1.35. The quantitative estimate of drug-likeness (QED) is 0.832. The van der Waals surface area contributed by atoms with E-state index >= 15 is 0 Å². The summed E-state index contributed by atoms with van der Waals surface area (Å²) in [4.78, 5) is 10.6. The average Bonchev–Trinajstić information content (AvgIpc) is 2.59. The van der Waals surface area contributed by atoms with E-state index in [9.17, 15) is 13.6 Å². The number of alkyl halides is 2. The Hall–Kier alpha value is -1.91. The van der Waals surface area contributed by atoms with Crippen molar-refractivity contribution in [2.45, 2.75) is 6.43 Å². The van der Waals surface area contributed by atoms with E-state index in [0.717, 1.165) is 6.26 Å². The summed E-state index contributed by atoms with van der Waals surface area (Å²) in [6, 6.07) is 3.82. The summed E-state index contributed by atoms with van der Waals surface area (Å²) in [6.45, 7) is 0. The third kappa shape index (κ3) is 1.56. The summed E-state index contributed by atoms with van der Waals surface area (Å²) in [7, 11) is 0. The van der Waals surface area contributed by atoms with E-state index in [0.29, 0.717) is 0 Å². The van der Waals surface area contributed by atoms with Crippen LogP contribution in [-0.2, 0) is 0 Å². The standard InChI is InChI=1S/C10H6F2O3/c11-9(12)7-4-15-8-3-5(10(13)14)1-2-6(7)8/h1-4,9H,(H,13,14). The molecule has 0 saturated heterocycles. The molecule has 0 aliphatic rings. The molecule has 5 heteroatoms. The predicted molar refractivity (Wildman–Crippen MR) is 48.1 cm³/mol. The first-order valence-corrected chi connectivity index (χ1v) is 4.12. The van der Waals surface area contributed by atoms with Crippen molar-refractivity contribution < 1.29 is 23.1 Å². The molecule has 1 heterocycles. The molecule has 1 N–H and O–H groups in total. The molecule has 2 rings (SSSR count). The summed E-state index contributed by atoms with van der Waals surface area (Å²) in [5.74, 6) is -1.12. The number of furan rings is 1. The van der Waals surface area contributed by atoms with E-state index in [1.807, 2.05) is 0 Å². The summed E-state index contributed by atoms with van der Waals surface area (Å²) < 4.78 is 29.7. The van der Waals surface area contributed by atoms with Gasteiger partial charge < -0.3 is 9.52 Å². The van der Waals surface area contributed by atoms with E-state index in [2.05, 4.69) is 0 Å². The highest BCUT2D eigenvalue weighted by Gasteiger charge is 2.16. The third-order valence-electron chi connectivity index (χ3n) is 2.09. The first-order valence-electron chi connectivity index (χ1n) is 4.12. The van der Waals surface area contributed by atoms with Gasteiger partial charge in [0.15, 0.2) is 0 Å². The van der Waals surface area contributed by atoms with Crippen LogP contribution in [0.4, 0.5) is 8.78 Å². The Balaban J connectivity index is 2.61. The van der Waals surface area contributed by atoms with Crippen molar-refractivity contribution in [2.24, 2.45) is 0 Å². The highest BCUT2D eigenvalue weighted by molar-refractivity contribution is 5.93. The molecule has 0 aliphatic heterocycles. The van der Waals surface area contributed by atoms with Crippen LogP contribution in [0.5, 0.6) is 0 Å². The number of fused-ring (bicyclic) bond motifs is 1. The van der Waals surface area contributed by atoms with Crippen molar-refractivity contribution in [1.82, 2.24) is 0 Å². The van der Waals surface area contributed by atoms with Crippen LogP contribution < -0.4 is 0 Å². The van der Waals surface area contributed by atoms with E-state index in [1.165, 1.54) is 18.2 Å². The van der Waals surface area contributed by atoms with Gasteiger partial charge in [-0.15, -0.1) is 0 Å². The second kappa shape index (κ2) is 3.34. The van der Waals surface area contributed by atoms with Gasteiger partial charge >= 0.3 is 5.97 Å². The Bertz CT molecular complexity index is 516. The minimum Gasteiger partial charge on any atom is -0.478 e. The number of aromatic carboxylic acids is 1. The molecule has 2 aromatic rings. The molecule has 15 heavy (non-hydrogen) atoms. The highest BCUT2D eigenvalue weighted by atomic mass is 19.3. The zero-order valence-corrected chi connectivity index (χ0v) is 7.41. The van der Waals surface area contributed by atoms with Gasteiger partial charge in [0.2, 0.25) is 0 Å². The number of halogens is 2. The van der Waals surface area contributed by atoms with Crippen molar-refractivity contribution in [1.29, 1.82) is 0 Å². The highest BCUT2D eigenvalue weighted by Crippen LogP contribution is 2.29. The van der Waals surface area contributed by atoms with Crippen molar-refractivity contribution in [3.63, 3.8) is 0 Å². The predicted octanol–water partition coefficient (Wildman–Crippen LogP) is 3.07. The molecular formula is C10H6F2O3. The summed E-state index contributed by atoms with van der Waals surface area (Å²) >= 11 is 0. The molecule has 0 unspecified atom stereocenters.